The van der Waals surface area contributed by atoms with Crippen LogP contribution in [0.25, 0.3) is 0 Å². The maximum absolute atomic E-state index is 5.14. The molecule has 0 aliphatic heterocycles. The fraction of sp³-hybridized carbons (Fsp3) is 1.00. The predicted octanol–water partition coefficient (Wildman–Crippen LogP) is -1.11. The number of hydrogen-bond acceptors (Lipinski definition) is 4. The van der Waals surface area contributed by atoms with E-state index in [-0.39, 0.29) is 0 Å². The zero-order valence-electron chi connectivity index (χ0n) is 5.51. The van der Waals surface area contributed by atoms with Gasteiger partial charge >= 0.3 is 0 Å². The molecule has 9 heavy (non-hydrogen) atoms. The highest BCUT2D eigenvalue weighted by Crippen LogP contribution is 1.74. The molecule has 0 saturated carbocycles. The second-order valence-corrected chi connectivity index (χ2v) is 1.51. The maximum atomic E-state index is 5.14. The SMILES string of the molecule is NCCOCOCCN. The Labute approximate surface area is 55.1 Å². The Morgan fingerprint density at radius 2 is 1.33 bits per heavy atom. The van der Waals surface area contributed by atoms with Gasteiger partial charge in [-0.1, -0.05) is 0 Å². The van der Waals surface area contributed by atoms with Crippen molar-refractivity contribution in [2.24, 2.45) is 11.5 Å². The summed E-state index contributed by atoms with van der Waals surface area (Å²) in [7, 11) is 0. The molecule has 0 atom stereocenters. The molecule has 0 saturated heterocycles. The van der Waals surface area contributed by atoms with E-state index in [1.165, 1.54) is 0 Å². The molecule has 0 fully saturated rings. The van der Waals surface area contributed by atoms with Crippen molar-refractivity contribution in [2.75, 3.05) is 33.1 Å². The molecule has 4 N–H and O–H groups in total. The smallest absolute Gasteiger partial charge is 0.146 e. The lowest BCUT2D eigenvalue weighted by molar-refractivity contribution is -0.0482. The number of rotatable bonds is 6. The fourth-order valence-corrected chi connectivity index (χ4v) is 0.343. The number of ether oxygens (including phenoxy) is 2. The Kier molecular flexibility index (Phi) is 7.70. The van der Waals surface area contributed by atoms with E-state index in [9.17, 15) is 0 Å². The van der Waals surface area contributed by atoms with Gasteiger partial charge in [0.05, 0.1) is 13.2 Å². The maximum Gasteiger partial charge on any atom is 0.146 e. The Morgan fingerprint density at radius 1 is 0.889 bits per heavy atom. The van der Waals surface area contributed by atoms with Crippen molar-refractivity contribution in [2.45, 2.75) is 0 Å². The van der Waals surface area contributed by atoms with Gasteiger partial charge in [-0.15, -0.1) is 0 Å². The van der Waals surface area contributed by atoms with Crippen LogP contribution >= 0.6 is 0 Å². The summed E-state index contributed by atoms with van der Waals surface area (Å²) in [5.74, 6) is 0. The van der Waals surface area contributed by atoms with Gasteiger partial charge in [-0.2, -0.15) is 0 Å². The van der Waals surface area contributed by atoms with Gasteiger partial charge < -0.3 is 20.9 Å². The summed E-state index contributed by atoms with van der Waals surface area (Å²) in [6.45, 7) is 2.46. The van der Waals surface area contributed by atoms with Gasteiger partial charge in [-0.25, -0.2) is 0 Å². The summed E-state index contributed by atoms with van der Waals surface area (Å²) in [6.07, 6.45) is 0. The zero-order valence-corrected chi connectivity index (χ0v) is 5.51. The van der Waals surface area contributed by atoms with E-state index in [0.717, 1.165) is 0 Å². The van der Waals surface area contributed by atoms with E-state index >= 15 is 0 Å². The highest BCUT2D eigenvalue weighted by molar-refractivity contribution is 4.28. The van der Waals surface area contributed by atoms with Crippen LogP contribution in [0.2, 0.25) is 0 Å². The first-order valence-electron chi connectivity index (χ1n) is 2.97. The lowest BCUT2D eigenvalue weighted by Gasteiger charge is -2.01. The second kappa shape index (κ2) is 7.84. The minimum atomic E-state index is 0.300. The average Bonchev–Trinajstić information content (AvgIpc) is 1.89. The molecule has 0 heterocycles. The molecule has 0 bridgehead atoms. The third kappa shape index (κ3) is 7.84. The summed E-state index contributed by atoms with van der Waals surface area (Å²) in [4.78, 5) is 0. The van der Waals surface area contributed by atoms with E-state index in [0.29, 0.717) is 33.1 Å². The predicted molar refractivity (Wildman–Crippen MR) is 34.9 cm³/mol. The lowest BCUT2D eigenvalue weighted by atomic mass is 10.7. The molecule has 0 spiro atoms. The van der Waals surface area contributed by atoms with Gasteiger partial charge in [-0.05, 0) is 0 Å². The quantitative estimate of drug-likeness (QED) is 0.357. The Morgan fingerprint density at radius 3 is 1.67 bits per heavy atom. The van der Waals surface area contributed by atoms with Crippen LogP contribution in [0.15, 0.2) is 0 Å². The fourth-order valence-electron chi connectivity index (χ4n) is 0.343. The van der Waals surface area contributed by atoms with Gasteiger partial charge in [0.15, 0.2) is 0 Å². The Hall–Kier alpha value is -0.160. The Bertz CT molecular complexity index is 46.2. The van der Waals surface area contributed by atoms with Crippen LogP contribution in [-0.4, -0.2) is 33.1 Å². The second-order valence-electron chi connectivity index (χ2n) is 1.51. The lowest BCUT2D eigenvalue weighted by Crippen LogP contribution is -2.14. The largest absolute Gasteiger partial charge is 0.354 e. The van der Waals surface area contributed by atoms with Crippen molar-refractivity contribution >= 4 is 0 Å². The molecule has 4 heteroatoms. The van der Waals surface area contributed by atoms with E-state index < -0.39 is 0 Å². The van der Waals surface area contributed by atoms with Crippen LogP contribution in [0, 0.1) is 0 Å². The molecule has 0 unspecified atom stereocenters. The monoisotopic (exact) mass is 134 g/mol. The summed E-state index contributed by atoms with van der Waals surface area (Å²) < 4.78 is 9.76. The minimum Gasteiger partial charge on any atom is -0.354 e. The molecule has 56 valence electrons. The normalized spacial score (nSPS) is 10.0. The van der Waals surface area contributed by atoms with Crippen molar-refractivity contribution in [3.05, 3.63) is 0 Å². The molecule has 0 aliphatic carbocycles. The summed E-state index contributed by atoms with van der Waals surface area (Å²) in [5, 5.41) is 0. The van der Waals surface area contributed by atoms with E-state index in [1.54, 1.807) is 0 Å². The topological polar surface area (TPSA) is 70.5 Å². The van der Waals surface area contributed by atoms with Gasteiger partial charge in [0.1, 0.15) is 6.79 Å². The van der Waals surface area contributed by atoms with Crippen molar-refractivity contribution in [1.29, 1.82) is 0 Å². The van der Waals surface area contributed by atoms with Crippen LogP contribution in [0.4, 0.5) is 0 Å². The summed E-state index contributed by atoms with van der Waals surface area (Å²) in [5.41, 5.74) is 10.3. The van der Waals surface area contributed by atoms with Crippen LogP contribution in [0.5, 0.6) is 0 Å². The van der Waals surface area contributed by atoms with Crippen molar-refractivity contribution in [1.82, 2.24) is 0 Å². The molecular weight excluding hydrogens is 120 g/mol. The van der Waals surface area contributed by atoms with Crippen LogP contribution in [0.3, 0.4) is 0 Å². The van der Waals surface area contributed by atoms with E-state index in [1.807, 2.05) is 0 Å². The molecule has 4 nitrogen and oxygen atoms in total. The van der Waals surface area contributed by atoms with Gasteiger partial charge in [0, 0.05) is 13.1 Å². The molecule has 0 aromatic carbocycles. The third-order valence-corrected chi connectivity index (χ3v) is 0.691. The van der Waals surface area contributed by atoms with Crippen molar-refractivity contribution < 1.29 is 9.47 Å². The summed E-state index contributed by atoms with van der Waals surface area (Å²) >= 11 is 0. The molecule has 0 rings (SSSR count). The van der Waals surface area contributed by atoms with Crippen LogP contribution in [-0.2, 0) is 9.47 Å². The van der Waals surface area contributed by atoms with Gasteiger partial charge in [-0.3, -0.25) is 0 Å². The standard InChI is InChI=1S/C5H14N2O2/c6-1-3-8-5-9-4-2-7/h1-7H2. The van der Waals surface area contributed by atoms with Gasteiger partial charge in [0.25, 0.3) is 0 Å². The third-order valence-electron chi connectivity index (χ3n) is 0.691. The van der Waals surface area contributed by atoms with Crippen LogP contribution < -0.4 is 11.5 Å². The number of nitrogens with two attached hydrogens (primary N) is 2. The molecular formula is C5H14N2O2. The highest BCUT2D eigenvalue weighted by atomic mass is 16.7. The highest BCUT2D eigenvalue weighted by Gasteiger charge is 1.83. The first-order chi connectivity index (χ1) is 4.41. The minimum absolute atomic E-state index is 0.300. The molecule has 0 aromatic heterocycles. The molecule has 0 aromatic rings. The Balaban J connectivity index is 2.60. The van der Waals surface area contributed by atoms with Crippen LogP contribution in [0.1, 0.15) is 0 Å². The first kappa shape index (κ1) is 8.84. The van der Waals surface area contributed by atoms with Crippen molar-refractivity contribution in [3.63, 3.8) is 0 Å². The van der Waals surface area contributed by atoms with E-state index in [2.05, 4.69) is 0 Å². The molecule has 0 radical (unpaired) electrons. The zero-order chi connectivity index (χ0) is 6.95. The van der Waals surface area contributed by atoms with Gasteiger partial charge in [0.2, 0.25) is 0 Å². The van der Waals surface area contributed by atoms with Crippen molar-refractivity contribution in [3.8, 4) is 0 Å². The molecule has 0 aliphatic rings. The van der Waals surface area contributed by atoms with E-state index in [4.69, 9.17) is 20.9 Å². The molecule has 0 amide bonds. The summed E-state index contributed by atoms with van der Waals surface area (Å²) in [6, 6.07) is 0. The average molecular weight is 134 g/mol. The first-order valence-corrected chi connectivity index (χ1v) is 2.97. The number of hydrogen-bond donors (Lipinski definition) is 2.